The number of aromatic amines is 1. The van der Waals surface area contributed by atoms with Crippen molar-refractivity contribution in [3.05, 3.63) is 40.5 Å². The molecule has 0 fully saturated rings. The quantitative estimate of drug-likeness (QED) is 0.384. The summed E-state index contributed by atoms with van der Waals surface area (Å²) < 4.78 is 0. The van der Waals surface area contributed by atoms with Gasteiger partial charge in [-0.2, -0.15) is 5.21 Å². The Labute approximate surface area is 167 Å². The summed E-state index contributed by atoms with van der Waals surface area (Å²) in [6, 6.07) is 1.74. The van der Waals surface area contributed by atoms with E-state index < -0.39 is 0 Å². The van der Waals surface area contributed by atoms with Crippen LogP contribution in [0.3, 0.4) is 0 Å². The van der Waals surface area contributed by atoms with Crippen LogP contribution in [0.15, 0.2) is 29.4 Å². The SMILES string of the molecule is CCCCCc1cc(O)c(CC=C(C)CCC=C(C)C)c(O)c1-c1nn[nH]n1. The van der Waals surface area contributed by atoms with Gasteiger partial charge in [0.2, 0.25) is 5.82 Å². The number of benzene rings is 1. The maximum absolute atomic E-state index is 10.9. The highest BCUT2D eigenvalue weighted by Gasteiger charge is 2.21. The Hall–Kier alpha value is -2.63. The van der Waals surface area contributed by atoms with Gasteiger partial charge in [0.25, 0.3) is 0 Å². The van der Waals surface area contributed by atoms with Crippen LogP contribution in [0.5, 0.6) is 11.5 Å². The van der Waals surface area contributed by atoms with Crippen LogP contribution < -0.4 is 0 Å². The molecule has 0 spiro atoms. The number of nitrogens with one attached hydrogen (secondary N) is 1. The molecule has 2 rings (SSSR count). The number of aryl methyl sites for hydroxylation is 1. The molecule has 0 aliphatic heterocycles. The summed E-state index contributed by atoms with van der Waals surface area (Å²) in [4.78, 5) is 0. The van der Waals surface area contributed by atoms with Crippen LogP contribution in [-0.4, -0.2) is 30.8 Å². The highest BCUT2D eigenvalue weighted by atomic mass is 16.3. The van der Waals surface area contributed by atoms with Gasteiger partial charge in [0.1, 0.15) is 11.5 Å². The maximum atomic E-state index is 10.9. The topological polar surface area (TPSA) is 94.9 Å². The number of aromatic nitrogens is 4. The molecule has 0 unspecified atom stereocenters. The fraction of sp³-hybridized carbons (Fsp3) is 0.500. The van der Waals surface area contributed by atoms with Gasteiger partial charge < -0.3 is 10.2 Å². The van der Waals surface area contributed by atoms with Crippen LogP contribution in [0, 0.1) is 0 Å². The van der Waals surface area contributed by atoms with Gasteiger partial charge in [-0.05, 0) is 69.7 Å². The van der Waals surface area contributed by atoms with Crippen LogP contribution in [-0.2, 0) is 12.8 Å². The minimum Gasteiger partial charge on any atom is -0.508 e. The summed E-state index contributed by atoms with van der Waals surface area (Å²) in [5.41, 5.74) is 4.45. The summed E-state index contributed by atoms with van der Waals surface area (Å²) in [5, 5.41) is 35.6. The number of allylic oxidation sites excluding steroid dienone is 4. The normalized spacial score (nSPS) is 11.6. The Kier molecular flexibility index (Phi) is 8.23. The van der Waals surface area contributed by atoms with Gasteiger partial charge in [-0.1, -0.05) is 43.1 Å². The van der Waals surface area contributed by atoms with Crippen molar-refractivity contribution in [3.63, 3.8) is 0 Å². The smallest absolute Gasteiger partial charge is 0.208 e. The van der Waals surface area contributed by atoms with Crippen molar-refractivity contribution < 1.29 is 10.2 Å². The van der Waals surface area contributed by atoms with Crippen molar-refractivity contribution in [2.75, 3.05) is 0 Å². The molecule has 0 amide bonds. The molecule has 6 heteroatoms. The first-order chi connectivity index (χ1) is 13.4. The second-order valence-corrected chi connectivity index (χ2v) is 7.52. The molecule has 152 valence electrons. The van der Waals surface area contributed by atoms with E-state index in [0.29, 0.717) is 23.4 Å². The first-order valence-electron chi connectivity index (χ1n) is 10.0. The predicted octanol–water partition coefficient (Wildman–Crippen LogP) is 5.25. The fourth-order valence-electron chi connectivity index (χ4n) is 3.20. The van der Waals surface area contributed by atoms with Gasteiger partial charge in [0.05, 0.1) is 5.56 Å². The average Bonchev–Trinajstić information content (AvgIpc) is 3.15. The summed E-state index contributed by atoms with van der Waals surface area (Å²) >= 11 is 0. The number of tetrazole rings is 1. The zero-order chi connectivity index (χ0) is 20.5. The second-order valence-electron chi connectivity index (χ2n) is 7.52. The molecule has 0 bridgehead atoms. The minimum absolute atomic E-state index is 0.0428. The average molecular weight is 385 g/mol. The van der Waals surface area contributed by atoms with Crippen LogP contribution in [0.1, 0.15) is 70.9 Å². The molecule has 0 radical (unpaired) electrons. The van der Waals surface area contributed by atoms with E-state index in [-0.39, 0.29) is 11.5 Å². The van der Waals surface area contributed by atoms with Crippen LogP contribution in [0.2, 0.25) is 0 Å². The lowest BCUT2D eigenvalue weighted by Gasteiger charge is -2.14. The highest BCUT2D eigenvalue weighted by Crippen LogP contribution is 2.40. The Morgan fingerprint density at radius 1 is 1.14 bits per heavy atom. The van der Waals surface area contributed by atoms with E-state index >= 15 is 0 Å². The van der Waals surface area contributed by atoms with E-state index in [0.717, 1.165) is 44.1 Å². The first-order valence-corrected chi connectivity index (χ1v) is 10.0. The van der Waals surface area contributed by atoms with Crippen LogP contribution in [0.25, 0.3) is 11.4 Å². The van der Waals surface area contributed by atoms with E-state index in [2.05, 4.69) is 60.5 Å². The molecule has 1 aromatic carbocycles. The van der Waals surface area contributed by atoms with E-state index in [1.807, 2.05) is 0 Å². The van der Waals surface area contributed by atoms with Crippen molar-refractivity contribution in [3.8, 4) is 22.9 Å². The number of rotatable bonds is 10. The number of unbranched alkanes of at least 4 members (excludes halogenated alkanes) is 2. The molecule has 1 aromatic heterocycles. The van der Waals surface area contributed by atoms with Crippen molar-refractivity contribution in [1.82, 2.24) is 20.6 Å². The number of hydrogen-bond donors (Lipinski definition) is 3. The molecule has 6 nitrogen and oxygen atoms in total. The molecule has 0 atom stereocenters. The molecule has 2 aromatic rings. The summed E-state index contributed by atoms with van der Waals surface area (Å²) in [5.74, 6) is 0.514. The lowest BCUT2D eigenvalue weighted by Crippen LogP contribution is -1.98. The third-order valence-corrected chi connectivity index (χ3v) is 4.83. The Morgan fingerprint density at radius 3 is 2.57 bits per heavy atom. The largest absolute Gasteiger partial charge is 0.508 e. The Morgan fingerprint density at radius 2 is 1.93 bits per heavy atom. The number of hydrogen-bond acceptors (Lipinski definition) is 5. The third-order valence-electron chi connectivity index (χ3n) is 4.83. The van der Waals surface area contributed by atoms with Gasteiger partial charge in [-0.15, -0.1) is 10.2 Å². The number of H-pyrrole nitrogens is 1. The molecule has 0 aliphatic carbocycles. The lowest BCUT2D eigenvalue weighted by atomic mass is 9.94. The fourth-order valence-corrected chi connectivity index (χ4v) is 3.20. The van der Waals surface area contributed by atoms with E-state index in [1.165, 1.54) is 11.1 Å². The summed E-state index contributed by atoms with van der Waals surface area (Å²) in [6.45, 7) is 8.41. The van der Waals surface area contributed by atoms with Crippen molar-refractivity contribution >= 4 is 0 Å². The van der Waals surface area contributed by atoms with Crippen molar-refractivity contribution in [1.29, 1.82) is 0 Å². The molecule has 0 saturated heterocycles. The Bertz CT molecular complexity index is 820. The molecular weight excluding hydrogens is 352 g/mol. The first kappa shape index (κ1) is 21.7. The molecule has 1 heterocycles. The zero-order valence-electron chi connectivity index (χ0n) is 17.4. The third kappa shape index (κ3) is 5.94. The summed E-state index contributed by atoms with van der Waals surface area (Å²) in [7, 11) is 0. The summed E-state index contributed by atoms with van der Waals surface area (Å²) in [6.07, 6.45) is 10.6. The second kappa shape index (κ2) is 10.6. The number of nitrogens with zero attached hydrogens (tertiary/aromatic N) is 3. The van der Waals surface area contributed by atoms with Gasteiger partial charge in [-0.3, -0.25) is 0 Å². The number of phenols is 2. The molecule has 0 saturated carbocycles. The van der Waals surface area contributed by atoms with E-state index in [1.54, 1.807) is 6.07 Å². The van der Waals surface area contributed by atoms with Crippen LogP contribution >= 0.6 is 0 Å². The van der Waals surface area contributed by atoms with Crippen molar-refractivity contribution in [2.45, 2.75) is 72.6 Å². The van der Waals surface area contributed by atoms with Crippen molar-refractivity contribution in [2.24, 2.45) is 0 Å². The molecule has 28 heavy (non-hydrogen) atoms. The lowest BCUT2D eigenvalue weighted by molar-refractivity contribution is 0.440. The number of aromatic hydroxyl groups is 2. The number of phenolic OH excluding ortho intramolecular Hbond substituents is 2. The molecule has 3 N–H and O–H groups in total. The zero-order valence-corrected chi connectivity index (χ0v) is 17.4. The van der Waals surface area contributed by atoms with E-state index in [9.17, 15) is 10.2 Å². The predicted molar refractivity (Wildman–Crippen MR) is 112 cm³/mol. The minimum atomic E-state index is 0.0428. The van der Waals surface area contributed by atoms with Gasteiger partial charge in [0, 0.05) is 5.56 Å². The van der Waals surface area contributed by atoms with Gasteiger partial charge >= 0.3 is 0 Å². The maximum Gasteiger partial charge on any atom is 0.208 e. The highest BCUT2D eigenvalue weighted by molar-refractivity contribution is 5.72. The van der Waals surface area contributed by atoms with Crippen LogP contribution in [0.4, 0.5) is 0 Å². The van der Waals surface area contributed by atoms with Gasteiger partial charge in [-0.25, -0.2) is 0 Å². The molecule has 0 aliphatic rings. The monoisotopic (exact) mass is 384 g/mol. The Balaban J connectivity index is 2.30. The van der Waals surface area contributed by atoms with E-state index in [4.69, 9.17) is 0 Å². The van der Waals surface area contributed by atoms with Gasteiger partial charge in [0.15, 0.2) is 0 Å². The molecular formula is C22H32N4O2. The standard InChI is InChI=1S/C22H32N4O2/c1-5-6-7-11-17-14-19(27)18(13-12-16(4)10-8-9-15(2)3)21(28)20(17)22-23-25-26-24-22/h9,12,14,27-28H,5-8,10-11,13H2,1-4H3,(H,23,24,25,26).